The molecular weight excluding hydrogens is 310 g/mol. The first kappa shape index (κ1) is 14.6. The van der Waals surface area contributed by atoms with E-state index in [1.165, 1.54) is 0 Å². The van der Waals surface area contributed by atoms with Crippen molar-refractivity contribution in [3.05, 3.63) is 33.6 Å². The summed E-state index contributed by atoms with van der Waals surface area (Å²) >= 11 is 11.5. The Kier molecular flexibility index (Phi) is 4.34. The number of hydrogen-bond acceptors (Lipinski definition) is 5. The van der Waals surface area contributed by atoms with Crippen LogP contribution < -0.4 is 0 Å². The van der Waals surface area contributed by atoms with Gasteiger partial charge in [-0.25, -0.2) is 4.68 Å². The van der Waals surface area contributed by atoms with Gasteiger partial charge < -0.3 is 4.74 Å². The zero-order chi connectivity index (χ0) is 14.8. The van der Waals surface area contributed by atoms with Crippen molar-refractivity contribution in [3.8, 4) is 5.69 Å². The SMILES string of the molecule is Cc1ccc(Cl)cc1-n1nnn(CN2CCOCC2)c1=S. The Labute approximate surface area is 132 Å². The van der Waals surface area contributed by atoms with Crippen LogP contribution in [0.1, 0.15) is 5.56 Å². The van der Waals surface area contributed by atoms with Gasteiger partial charge in [-0.05, 0) is 47.3 Å². The Morgan fingerprint density at radius 1 is 1.29 bits per heavy atom. The normalized spacial score (nSPS) is 16.3. The van der Waals surface area contributed by atoms with Gasteiger partial charge in [0.05, 0.1) is 25.6 Å². The number of tetrazole rings is 1. The molecule has 2 heterocycles. The van der Waals surface area contributed by atoms with E-state index in [-0.39, 0.29) is 0 Å². The molecule has 6 nitrogen and oxygen atoms in total. The van der Waals surface area contributed by atoms with Gasteiger partial charge >= 0.3 is 0 Å². The van der Waals surface area contributed by atoms with Crippen molar-refractivity contribution < 1.29 is 4.74 Å². The van der Waals surface area contributed by atoms with E-state index in [1.807, 2.05) is 25.1 Å². The van der Waals surface area contributed by atoms with Crippen molar-refractivity contribution in [2.45, 2.75) is 13.6 Å². The first-order valence-corrected chi connectivity index (χ1v) is 7.53. The van der Waals surface area contributed by atoms with Crippen LogP contribution in [0.25, 0.3) is 5.69 Å². The maximum atomic E-state index is 6.06. The summed E-state index contributed by atoms with van der Waals surface area (Å²) < 4.78 is 9.27. The Hall–Kier alpha value is -1.28. The van der Waals surface area contributed by atoms with Crippen molar-refractivity contribution in [2.75, 3.05) is 26.3 Å². The predicted molar refractivity (Wildman–Crippen MR) is 82.3 cm³/mol. The largest absolute Gasteiger partial charge is 0.379 e. The molecule has 0 saturated carbocycles. The standard InChI is InChI=1S/C13H16ClN5OS/c1-10-2-3-11(14)8-12(10)19-13(21)18(15-16-19)9-17-4-6-20-7-5-17/h2-3,8H,4-7,9H2,1H3. The zero-order valence-corrected chi connectivity index (χ0v) is 13.3. The minimum absolute atomic E-state index is 0.562. The molecule has 8 heteroatoms. The highest BCUT2D eigenvalue weighted by atomic mass is 35.5. The smallest absolute Gasteiger partial charge is 0.221 e. The molecule has 2 aromatic rings. The van der Waals surface area contributed by atoms with Gasteiger partial charge in [0.1, 0.15) is 0 Å². The quantitative estimate of drug-likeness (QED) is 0.808. The van der Waals surface area contributed by atoms with Crippen LogP contribution in [-0.4, -0.2) is 51.0 Å². The molecule has 0 spiro atoms. The number of rotatable bonds is 3. The fourth-order valence-electron chi connectivity index (χ4n) is 2.26. The van der Waals surface area contributed by atoms with Crippen LogP contribution in [0.2, 0.25) is 5.02 Å². The monoisotopic (exact) mass is 325 g/mol. The van der Waals surface area contributed by atoms with Gasteiger partial charge in [-0.3, -0.25) is 4.90 Å². The number of morpholine rings is 1. The van der Waals surface area contributed by atoms with E-state index in [9.17, 15) is 0 Å². The lowest BCUT2D eigenvalue weighted by atomic mass is 10.2. The fourth-order valence-corrected chi connectivity index (χ4v) is 2.65. The lowest BCUT2D eigenvalue weighted by molar-refractivity contribution is 0.0207. The molecule has 0 atom stereocenters. The van der Waals surface area contributed by atoms with E-state index < -0.39 is 0 Å². The molecule has 1 aromatic carbocycles. The van der Waals surface area contributed by atoms with Crippen LogP contribution in [0.4, 0.5) is 0 Å². The molecule has 1 aliphatic heterocycles. The number of aryl methyl sites for hydroxylation is 1. The van der Waals surface area contributed by atoms with Crippen molar-refractivity contribution in [2.24, 2.45) is 0 Å². The summed E-state index contributed by atoms with van der Waals surface area (Å²) in [6.45, 7) is 5.87. The summed E-state index contributed by atoms with van der Waals surface area (Å²) in [5.74, 6) is 0. The van der Waals surface area contributed by atoms with Crippen molar-refractivity contribution in [3.63, 3.8) is 0 Å². The third-order valence-corrected chi connectivity index (χ3v) is 4.10. The Balaban J connectivity index is 1.88. The Morgan fingerprint density at radius 2 is 2.05 bits per heavy atom. The molecule has 21 heavy (non-hydrogen) atoms. The summed E-state index contributed by atoms with van der Waals surface area (Å²) in [6.07, 6.45) is 0. The van der Waals surface area contributed by atoms with Gasteiger partial charge in [-0.1, -0.05) is 17.7 Å². The average molecular weight is 326 g/mol. The summed E-state index contributed by atoms with van der Waals surface area (Å²) in [6, 6.07) is 5.64. The molecule has 3 rings (SSSR count). The minimum Gasteiger partial charge on any atom is -0.379 e. The predicted octanol–water partition coefficient (Wildman–Crippen LogP) is 2.05. The molecule has 112 valence electrons. The minimum atomic E-state index is 0.562. The van der Waals surface area contributed by atoms with Crippen molar-refractivity contribution in [1.29, 1.82) is 0 Å². The van der Waals surface area contributed by atoms with Gasteiger partial charge in [0.25, 0.3) is 0 Å². The Bertz CT molecular complexity index is 692. The molecule has 1 aliphatic rings. The molecule has 0 bridgehead atoms. The third kappa shape index (κ3) is 3.16. The molecule has 1 saturated heterocycles. The van der Waals surface area contributed by atoms with Crippen molar-refractivity contribution in [1.82, 2.24) is 24.7 Å². The highest BCUT2D eigenvalue weighted by molar-refractivity contribution is 7.71. The third-order valence-electron chi connectivity index (χ3n) is 3.48. The lowest BCUT2D eigenvalue weighted by Crippen LogP contribution is -2.37. The lowest BCUT2D eigenvalue weighted by Gasteiger charge is -2.25. The van der Waals surface area contributed by atoms with Gasteiger partial charge in [-0.2, -0.15) is 4.68 Å². The second kappa shape index (κ2) is 6.23. The summed E-state index contributed by atoms with van der Waals surface area (Å²) in [5.41, 5.74) is 1.91. The summed E-state index contributed by atoms with van der Waals surface area (Å²) in [7, 11) is 0. The number of ether oxygens (including phenoxy) is 1. The topological polar surface area (TPSA) is 48.1 Å². The van der Waals surface area contributed by atoms with E-state index in [0.717, 1.165) is 37.6 Å². The Morgan fingerprint density at radius 3 is 2.81 bits per heavy atom. The molecule has 0 N–H and O–H groups in total. The van der Waals surface area contributed by atoms with Gasteiger partial charge in [0, 0.05) is 18.1 Å². The van der Waals surface area contributed by atoms with Crippen LogP contribution >= 0.6 is 23.8 Å². The van der Waals surface area contributed by atoms with Crippen LogP contribution in [0.3, 0.4) is 0 Å². The second-order valence-corrected chi connectivity index (χ2v) is 5.78. The average Bonchev–Trinajstić information content (AvgIpc) is 2.84. The van der Waals surface area contributed by atoms with Gasteiger partial charge in [0.15, 0.2) is 0 Å². The van der Waals surface area contributed by atoms with E-state index in [2.05, 4.69) is 15.3 Å². The number of benzene rings is 1. The molecule has 1 aromatic heterocycles. The van der Waals surface area contributed by atoms with Gasteiger partial charge in [0.2, 0.25) is 4.77 Å². The number of nitrogens with zero attached hydrogens (tertiary/aromatic N) is 5. The number of hydrogen-bond donors (Lipinski definition) is 0. The van der Waals surface area contributed by atoms with Crippen molar-refractivity contribution >= 4 is 23.8 Å². The number of halogens is 1. The second-order valence-electron chi connectivity index (χ2n) is 4.98. The van der Waals surface area contributed by atoms with Crippen LogP contribution in [0.15, 0.2) is 18.2 Å². The molecule has 1 fully saturated rings. The van der Waals surface area contributed by atoms with Crippen LogP contribution in [-0.2, 0) is 11.4 Å². The molecular formula is C13H16ClN5OS. The van der Waals surface area contributed by atoms with E-state index in [0.29, 0.717) is 16.5 Å². The van der Waals surface area contributed by atoms with Crippen LogP contribution in [0.5, 0.6) is 0 Å². The van der Waals surface area contributed by atoms with Crippen LogP contribution in [0, 0.1) is 11.7 Å². The van der Waals surface area contributed by atoms with E-state index in [4.69, 9.17) is 28.6 Å². The molecule has 0 radical (unpaired) electrons. The first-order valence-electron chi connectivity index (χ1n) is 6.74. The van der Waals surface area contributed by atoms with E-state index >= 15 is 0 Å². The molecule has 0 aliphatic carbocycles. The highest BCUT2D eigenvalue weighted by Crippen LogP contribution is 2.19. The maximum Gasteiger partial charge on any atom is 0.221 e. The fraction of sp³-hybridized carbons (Fsp3) is 0.462. The zero-order valence-electron chi connectivity index (χ0n) is 11.7. The maximum absolute atomic E-state index is 6.06. The molecule has 0 unspecified atom stereocenters. The summed E-state index contributed by atoms with van der Waals surface area (Å²) in [5, 5.41) is 8.97. The van der Waals surface area contributed by atoms with Gasteiger partial charge in [-0.15, -0.1) is 0 Å². The summed E-state index contributed by atoms with van der Waals surface area (Å²) in [4.78, 5) is 2.24. The first-order chi connectivity index (χ1) is 10.1. The highest BCUT2D eigenvalue weighted by Gasteiger charge is 2.14. The molecule has 0 amide bonds. The number of aromatic nitrogens is 4. The van der Waals surface area contributed by atoms with E-state index in [1.54, 1.807) is 9.36 Å².